The molecule has 0 radical (unpaired) electrons. The van der Waals surface area contributed by atoms with E-state index in [0.717, 1.165) is 34.9 Å². The van der Waals surface area contributed by atoms with Crippen molar-refractivity contribution in [2.75, 3.05) is 12.4 Å². The molecule has 0 aromatic heterocycles. The number of carbonyl (C=O) groups excluding carboxylic acids is 4. The summed E-state index contributed by atoms with van der Waals surface area (Å²) in [6.45, 7) is 2.73. The molecule has 0 spiro atoms. The van der Waals surface area contributed by atoms with Gasteiger partial charge in [-0.1, -0.05) is 111 Å². The van der Waals surface area contributed by atoms with Crippen molar-refractivity contribution >= 4 is 45.3 Å². The quantitative estimate of drug-likeness (QED) is 0.122. The minimum absolute atomic E-state index is 0.00561. The fourth-order valence-corrected chi connectivity index (χ4v) is 5.24. The standard InChI is InChI=1S/C35H50BrN3O5/c1-3-4-5-6-7-8-9-10-11-12-13-14-32(40)23-29(24-33(37)41)34(42)38-31-21-17-28(18-22-31)26-44-35(43)39(2)25-27-15-19-30(36)20-16-27/h15-22,29H,3-14,23-26H2,1-2H3,(H2,37,41)(H,38,42)/t29-/m1/s1. The van der Waals surface area contributed by atoms with Gasteiger partial charge >= 0.3 is 6.09 Å². The summed E-state index contributed by atoms with van der Waals surface area (Å²) in [4.78, 5) is 51.1. The highest BCUT2D eigenvalue weighted by atomic mass is 79.9. The number of carbonyl (C=O) groups is 4. The normalized spacial score (nSPS) is 11.5. The number of amides is 3. The van der Waals surface area contributed by atoms with Crippen LogP contribution in [0.15, 0.2) is 53.0 Å². The van der Waals surface area contributed by atoms with Crippen molar-refractivity contribution in [3.8, 4) is 0 Å². The van der Waals surface area contributed by atoms with Crippen molar-refractivity contribution in [3.05, 3.63) is 64.1 Å². The number of rotatable bonds is 22. The van der Waals surface area contributed by atoms with Crippen LogP contribution in [0.1, 0.15) is 108 Å². The molecule has 44 heavy (non-hydrogen) atoms. The fraction of sp³-hybridized carbons (Fsp3) is 0.543. The molecule has 3 N–H and O–H groups in total. The van der Waals surface area contributed by atoms with E-state index in [2.05, 4.69) is 28.2 Å². The Balaban J connectivity index is 1.71. The van der Waals surface area contributed by atoms with E-state index >= 15 is 0 Å². The maximum atomic E-state index is 12.9. The van der Waals surface area contributed by atoms with E-state index < -0.39 is 23.8 Å². The maximum Gasteiger partial charge on any atom is 0.410 e. The molecule has 2 aromatic rings. The van der Waals surface area contributed by atoms with Gasteiger partial charge in [-0.15, -0.1) is 0 Å². The molecule has 8 nitrogen and oxygen atoms in total. The Morgan fingerprint density at radius 1 is 0.795 bits per heavy atom. The molecular formula is C35H50BrN3O5. The van der Waals surface area contributed by atoms with Gasteiger partial charge in [0.05, 0.1) is 5.92 Å². The van der Waals surface area contributed by atoms with Crippen molar-refractivity contribution in [1.29, 1.82) is 0 Å². The van der Waals surface area contributed by atoms with E-state index in [1.807, 2.05) is 24.3 Å². The van der Waals surface area contributed by atoms with Crippen LogP contribution in [-0.4, -0.2) is 35.6 Å². The molecule has 0 fully saturated rings. The number of nitrogens with one attached hydrogen (secondary N) is 1. The van der Waals surface area contributed by atoms with Crippen LogP contribution >= 0.6 is 15.9 Å². The lowest BCUT2D eigenvalue weighted by atomic mass is 9.94. The van der Waals surface area contributed by atoms with E-state index in [0.29, 0.717) is 18.7 Å². The van der Waals surface area contributed by atoms with E-state index in [4.69, 9.17) is 10.5 Å². The summed E-state index contributed by atoms with van der Waals surface area (Å²) in [7, 11) is 1.67. The van der Waals surface area contributed by atoms with E-state index in [9.17, 15) is 19.2 Å². The Hall–Kier alpha value is -3.20. The molecule has 2 rings (SSSR count). The third-order valence-electron chi connectivity index (χ3n) is 7.58. The molecule has 0 aliphatic rings. The van der Waals surface area contributed by atoms with Gasteiger partial charge in [0.1, 0.15) is 12.4 Å². The second-order valence-corrected chi connectivity index (χ2v) is 12.5. The summed E-state index contributed by atoms with van der Waals surface area (Å²) in [5.41, 5.74) is 7.64. The third-order valence-corrected chi connectivity index (χ3v) is 8.11. The molecule has 242 valence electrons. The lowest BCUT2D eigenvalue weighted by molar-refractivity contribution is -0.129. The molecule has 1 atom stereocenters. The van der Waals surface area contributed by atoms with Gasteiger partial charge in [-0.2, -0.15) is 0 Å². The van der Waals surface area contributed by atoms with Crippen molar-refractivity contribution < 1.29 is 23.9 Å². The topological polar surface area (TPSA) is 119 Å². The monoisotopic (exact) mass is 671 g/mol. The SMILES string of the molecule is CCCCCCCCCCCCCC(=O)C[C@H](CC(N)=O)C(=O)Nc1ccc(COC(=O)N(C)Cc2ccc(Br)cc2)cc1. The number of ketones is 1. The Labute approximate surface area is 271 Å². The van der Waals surface area contributed by atoms with Gasteiger partial charge < -0.3 is 20.7 Å². The second-order valence-electron chi connectivity index (χ2n) is 11.6. The Bertz CT molecular complexity index is 1150. The summed E-state index contributed by atoms with van der Waals surface area (Å²) in [6, 6.07) is 14.6. The van der Waals surface area contributed by atoms with Crippen LogP contribution in [0.3, 0.4) is 0 Å². The summed E-state index contributed by atoms with van der Waals surface area (Å²) < 4.78 is 6.39. The molecule has 0 aliphatic carbocycles. The number of unbranched alkanes of at least 4 members (excludes halogenated alkanes) is 10. The van der Waals surface area contributed by atoms with Crippen LogP contribution < -0.4 is 11.1 Å². The first kappa shape index (κ1) is 37.0. The van der Waals surface area contributed by atoms with Crippen LogP contribution in [0.2, 0.25) is 0 Å². The average Bonchev–Trinajstić information content (AvgIpc) is 2.99. The van der Waals surface area contributed by atoms with Gasteiger partial charge in [-0.05, 0) is 41.8 Å². The molecule has 9 heteroatoms. The number of Topliss-reactive ketones (excluding diaryl/α,β-unsaturated/α-hetero) is 1. The van der Waals surface area contributed by atoms with E-state index in [-0.39, 0.29) is 25.2 Å². The highest BCUT2D eigenvalue weighted by Gasteiger charge is 2.24. The van der Waals surface area contributed by atoms with Crippen LogP contribution in [-0.2, 0) is 32.3 Å². The van der Waals surface area contributed by atoms with Gasteiger partial charge in [0.2, 0.25) is 11.8 Å². The number of hydrogen-bond acceptors (Lipinski definition) is 5. The number of ether oxygens (including phenoxy) is 1. The highest BCUT2D eigenvalue weighted by molar-refractivity contribution is 9.10. The zero-order valence-corrected chi connectivity index (χ0v) is 28.0. The number of anilines is 1. The Morgan fingerprint density at radius 3 is 1.91 bits per heavy atom. The maximum absolute atomic E-state index is 12.9. The summed E-state index contributed by atoms with van der Waals surface area (Å²) >= 11 is 3.40. The lowest BCUT2D eigenvalue weighted by Crippen LogP contribution is -2.29. The first-order valence-electron chi connectivity index (χ1n) is 16.0. The average molecular weight is 673 g/mol. The largest absolute Gasteiger partial charge is 0.445 e. The summed E-state index contributed by atoms with van der Waals surface area (Å²) in [6.07, 6.45) is 13.0. The Morgan fingerprint density at radius 2 is 1.34 bits per heavy atom. The number of nitrogens with zero attached hydrogens (tertiary/aromatic N) is 1. The number of nitrogens with two attached hydrogens (primary N) is 1. The minimum atomic E-state index is -0.811. The van der Waals surface area contributed by atoms with Gasteiger partial charge in [0, 0.05) is 43.0 Å². The van der Waals surface area contributed by atoms with Crippen LogP contribution in [0.4, 0.5) is 10.5 Å². The van der Waals surface area contributed by atoms with Crippen molar-refractivity contribution in [1.82, 2.24) is 4.90 Å². The van der Waals surface area contributed by atoms with Gasteiger partial charge in [-0.25, -0.2) is 4.79 Å². The van der Waals surface area contributed by atoms with Crippen molar-refractivity contribution in [2.45, 2.75) is 110 Å². The zero-order chi connectivity index (χ0) is 32.2. The number of primary amides is 1. The summed E-state index contributed by atoms with van der Waals surface area (Å²) in [5, 5.41) is 2.79. The van der Waals surface area contributed by atoms with Crippen molar-refractivity contribution in [2.24, 2.45) is 11.7 Å². The molecule has 0 bridgehead atoms. The van der Waals surface area contributed by atoms with Gasteiger partial charge in [0.15, 0.2) is 0 Å². The minimum Gasteiger partial charge on any atom is -0.445 e. The number of hydrogen-bond donors (Lipinski definition) is 2. The molecule has 0 unspecified atom stereocenters. The lowest BCUT2D eigenvalue weighted by Gasteiger charge is -2.17. The number of benzene rings is 2. The van der Waals surface area contributed by atoms with E-state index in [1.165, 1.54) is 56.3 Å². The molecule has 3 amide bonds. The molecule has 0 heterocycles. The Kier molecular flexibility index (Phi) is 18.1. The predicted octanol–water partition coefficient (Wildman–Crippen LogP) is 8.31. The highest BCUT2D eigenvalue weighted by Crippen LogP contribution is 2.19. The van der Waals surface area contributed by atoms with Crippen LogP contribution in [0, 0.1) is 5.92 Å². The van der Waals surface area contributed by atoms with E-state index in [1.54, 1.807) is 31.3 Å². The molecule has 0 saturated heterocycles. The molecule has 0 aliphatic heterocycles. The van der Waals surface area contributed by atoms with Crippen LogP contribution in [0.25, 0.3) is 0 Å². The molecular weight excluding hydrogens is 622 g/mol. The first-order chi connectivity index (χ1) is 21.2. The molecule has 2 aromatic carbocycles. The smallest absolute Gasteiger partial charge is 0.410 e. The fourth-order valence-electron chi connectivity index (χ4n) is 4.98. The predicted molar refractivity (Wildman–Crippen MR) is 179 cm³/mol. The van der Waals surface area contributed by atoms with Gasteiger partial charge in [-0.3, -0.25) is 14.4 Å². The first-order valence-corrected chi connectivity index (χ1v) is 16.8. The van der Waals surface area contributed by atoms with Crippen LogP contribution in [0.5, 0.6) is 0 Å². The van der Waals surface area contributed by atoms with Gasteiger partial charge in [0.25, 0.3) is 0 Å². The van der Waals surface area contributed by atoms with Crippen molar-refractivity contribution in [3.63, 3.8) is 0 Å². The zero-order valence-electron chi connectivity index (χ0n) is 26.5. The second kappa shape index (κ2) is 21.5. The third kappa shape index (κ3) is 16.0. The summed E-state index contributed by atoms with van der Waals surface area (Å²) in [5.74, 6) is -1.86. The number of halogens is 1. The molecule has 0 saturated carbocycles.